The molecule has 1 heterocycles. The van der Waals surface area contributed by atoms with E-state index >= 15 is 0 Å². The molecular formula is C16H17BrN2. The highest BCUT2D eigenvalue weighted by Gasteiger charge is 2.17. The Bertz CT molecular complexity index is 595. The molecule has 19 heavy (non-hydrogen) atoms. The fraction of sp³-hybridized carbons (Fsp3) is 0.250. The minimum absolute atomic E-state index is 0.941. The van der Waals surface area contributed by atoms with Gasteiger partial charge in [-0.05, 0) is 52.2 Å². The van der Waals surface area contributed by atoms with Gasteiger partial charge in [0, 0.05) is 29.8 Å². The maximum atomic E-state index is 3.70. The molecule has 2 nitrogen and oxygen atoms in total. The number of benzene rings is 2. The molecule has 98 valence electrons. The number of nitrogens with zero attached hydrogens (tertiary/aromatic N) is 1. The molecule has 0 unspecified atom stereocenters. The smallest absolute Gasteiger partial charge is 0.0555 e. The van der Waals surface area contributed by atoms with E-state index in [0.717, 1.165) is 24.1 Å². The summed E-state index contributed by atoms with van der Waals surface area (Å²) in [7, 11) is 0. The third-order valence-corrected chi connectivity index (χ3v) is 4.14. The molecule has 1 aliphatic heterocycles. The van der Waals surface area contributed by atoms with E-state index in [1.165, 1.54) is 22.5 Å². The van der Waals surface area contributed by atoms with Gasteiger partial charge in [0.05, 0.1) is 5.69 Å². The second-order valence-electron chi connectivity index (χ2n) is 4.91. The monoisotopic (exact) mass is 316 g/mol. The second-order valence-corrected chi connectivity index (χ2v) is 5.77. The van der Waals surface area contributed by atoms with Crippen LogP contribution in [0.3, 0.4) is 0 Å². The van der Waals surface area contributed by atoms with Crippen molar-refractivity contribution in [3.8, 4) is 0 Å². The Morgan fingerprint density at radius 2 is 1.95 bits per heavy atom. The first-order valence-corrected chi connectivity index (χ1v) is 7.37. The number of hydrogen-bond donors (Lipinski definition) is 1. The average Bonchev–Trinajstić information content (AvgIpc) is 2.61. The summed E-state index contributed by atoms with van der Waals surface area (Å²) in [5.74, 6) is 0. The van der Waals surface area contributed by atoms with Gasteiger partial charge in [-0.1, -0.05) is 24.3 Å². The summed E-state index contributed by atoms with van der Waals surface area (Å²) >= 11 is 3.70. The highest BCUT2D eigenvalue weighted by molar-refractivity contribution is 9.10. The van der Waals surface area contributed by atoms with E-state index in [2.05, 4.69) is 75.5 Å². The van der Waals surface area contributed by atoms with Crippen molar-refractivity contribution in [2.75, 3.05) is 18.0 Å². The molecule has 0 aromatic heterocycles. The molecular weight excluding hydrogens is 300 g/mol. The van der Waals surface area contributed by atoms with Crippen molar-refractivity contribution in [1.29, 1.82) is 0 Å². The third-order valence-electron chi connectivity index (χ3n) is 3.50. The number of fused-ring (bicyclic) bond motifs is 1. The lowest BCUT2D eigenvalue weighted by Crippen LogP contribution is -2.24. The Morgan fingerprint density at radius 3 is 2.79 bits per heavy atom. The Hall–Kier alpha value is -1.32. The highest BCUT2D eigenvalue weighted by Crippen LogP contribution is 2.35. The van der Waals surface area contributed by atoms with Gasteiger partial charge in [0.1, 0.15) is 0 Å². The predicted octanol–water partition coefficient (Wildman–Crippen LogP) is 4.00. The molecule has 0 amide bonds. The summed E-state index contributed by atoms with van der Waals surface area (Å²) in [6.07, 6.45) is 0. The van der Waals surface area contributed by atoms with Crippen molar-refractivity contribution in [3.63, 3.8) is 0 Å². The van der Waals surface area contributed by atoms with E-state index in [1.807, 2.05) is 0 Å². The normalized spacial score (nSPS) is 14.9. The number of anilines is 2. The molecule has 0 bridgehead atoms. The van der Waals surface area contributed by atoms with Gasteiger partial charge in [-0.15, -0.1) is 0 Å². The van der Waals surface area contributed by atoms with Gasteiger partial charge in [-0.3, -0.25) is 0 Å². The van der Waals surface area contributed by atoms with E-state index in [-0.39, 0.29) is 0 Å². The molecule has 0 aliphatic carbocycles. The van der Waals surface area contributed by atoms with Crippen LogP contribution < -0.4 is 10.2 Å². The molecule has 0 spiro atoms. The second kappa shape index (κ2) is 5.35. The van der Waals surface area contributed by atoms with Gasteiger partial charge >= 0.3 is 0 Å². The molecule has 3 heteroatoms. The maximum Gasteiger partial charge on any atom is 0.0555 e. The standard InChI is InChI=1S/C16H17BrN2/c1-12-6-7-16(14(17)10-12)19-9-8-18-11-13-4-2-3-5-15(13)19/h2-7,10,18H,8-9,11H2,1H3. The molecule has 0 radical (unpaired) electrons. The van der Waals surface area contributed by atoms with Crippen LogP contribution in [-0.2, 0) is 6.54 Å². The quantitative estimate of drug-likeness (QED) is 0.855. The Morgan fingerprint density at radius 1 is 1.11 bits per heavy atom. The van der Waals surface area contributed by atoms with Crippen LogP contribution in [0.25, 0.3) is 0 Å². The number of para-hydroxylation sites is 1. The minimum Gasteiger partial charge on any atom is -0.339 e. The first kappa shape index (κ1) is 12.7. The summed E-state index contributed by atoms with van der Waals surface area (Å²) in [6.45, 7) is 5.04. The molecule has 1 N–H and O–H groups in total. The molecule has 2 aromatic carbocycles. The van der Waals surface area contributed by atoms with Crippen molar-refractivity contribution >= 4 is 27.3 Å². The van der Waals surface area contributed by atoms with E-state index in [9.17, 15) is 0 Å². The number of hydrogen-bond acceptors (Lipinski definition) is 2. The lowest BCUT2D eigenvalue weighted by molar-refractivity contribution is 0.712. The third kappa shape index (κ3) is 2.53. The first-order valence-electron chi connectivity index (χ1n) is 6.58. The molecule has 0 saturated carbocycles. The van der Waals surface area contributed by atoms with Gasteiger partial charge in [-0.25, -0.2) is 0 Å². The topological polar surface area (TPSA) is 15.3 Å². The van der Waals surface area contributed by atoms with E-state index in [1.54, 1.807) is 0 Å². The van der Waals surface area contributed by atoms with E-state index < -0.39 is 0 Å². The largest absolute Gasteiger partial charge is 0.339 e. The zero-order valence-electron chi connectivity index (χ0n) is 11.0. The summed E-state index contributed by atoms with van der Waals surface area (Å²) < 4.78 is 1.16. The van der Waals surface area contributed by atoms with Gasteiger partial charge in [0.15, 0.2) is 0 Å². The number of halogens is 1. The number of aryl methyl sites for hydroxylation is 1. The van der Waals surface area contributed by atoms with Crippen LogP contribution in [-0.4, -0.2) is 13.1 Å². The Kier molecular flexibility index (Phi) is 3.58. The van der Waals surface area contributed by atoms with Crippen LogP contribution in [0.5, 0.6) is 0 Å². The molecule has 0 atom stereocenters. The zero-order valence-corrected chi connectivity index (χ0v) is 12.6. The van der Waals surface area contributed by atoms with Crippen LogP contribution in [0, 0.1) is 6.92 Å². The summed E-state index contributed by atoms with van der Waals surface area (Å²) in [5, 5.41) is 3.48. The average molecular weight is 317 g/mol. The predicted molar refractivity (Wildman–Crippen MR) is 84.0 cm³/mol. The summed E-state index contributed by atoms with van der Waals surface area (Å²) in [4.78, 5) is 2.39. The maximum absolute atomic E-state index is 3.70. The van der Waals surface area contributed by atoms with Gasteiger partial charge in [0.2, 0.25) is 0 Å². The van der Waals surface area contributed by atoms with Crippen molar-refractivity contribution in [3.05, 3.63) is 58.1 Å². The molecule has 0 saturated heterocycles. The van der Waals surface area contributed by atoms with Crippen LogP contribution >= 0.6 is 15.9 Å². The van der Waals surface area contributed by atoms with E-state index in [0.29, 0.717) is 0 Å². The summed E-state index contributed by atoms with van der Waals surface area (Å²) in [6, 6.07) is 15.2. The number of rotatable bonds is 1. The number of nitrogens with one attached hydrogen (secondary N) is 1. The molecule has 3 rings (SSSR count). The van der Waals surface area contributed by atoms with Crippen LogP contribution in [0.2, 0.25) is 0 Å². The van der Waals surface area contributed by atoms with E-state index in [4.69, 9.17) is 0 Å². The Balaban J connectivity index is 2.09. The van der Waals surface area contributed by atoms with Crippen LogP contribution in [0.1, 0.15) is 11.1 Å². The molecule has 1 aliphatic rings. The SMILES string of the molecule is Cc1ccc(N2CCNCc3ccccc32)c(Br)c1. The lowest BCUT2D eigenvalue weighted by Gasteiger charge is -2.26. The van der Waals surface area contributed by atoms with Crippen LogP contribution in [0.15, 0.2) is 46.9 Å². The zero-order chi connectivity index (χ0) is 13.2. The fourth-order valence-corrected chi connectivity index (χ4v) is 3.25. The highest BCUT2D eigenvalue weighted by atomic mass is 79.9. The van der Waals surface area contributed by atoms with Crippen molar-refractivity contribution in [2.24, 2.45) is 0 Å². The van der Waals surface area contributed by atoms with Crippen molar-refractivity contribution in [2.45, 2.75) is 13.5 Å². The summed E-state index contributed by atoms with van der Waals surface area (Å²) in [5.41, 5.74) is 5.17. The van der Waals surface area contributed by atoms with Gasteiger partial charge in [-0.2, -0.15) is 0 Å². The molecule has 0 fully saturated rings. The van der Waals surface area contributed by atoms with Crippen molar-refractivity contribution < 1.29 is 0 Å². The minimum atomic E-state index is 0.941. The lowest BCUT2D eigenvalue weighted by atomic mass is 10.1. The van der Waals surface area contributed by atoms with Crippen LogP contribution in [0.4, 0.5) is 11.4 Å². The first-order chi connectivity index (χ1) is 9.25. The molecule has 2 aromatic rings. The fourth-order valence-electron chi connectivity index (χ4n) is 2.54. The van der Waals surface area contributed by atoms with Gasteiger partial charge in [0.25, 0.3) is 0 Å². The van der Waals surface area contributed by atoms with Gasteiger partial charge < -0.3 is 10.2 Å². The Labute approximate surface area is 122 Å². The van der Waals surface area contributed by atoms with Crippen molar-refractivity contribution in [1.82, 2.24) is 5.32 Å².